The predicted molar refractivity (Wildman–Crippen MR) is 63.1 cm³/mol. The van der Waals surface area contributed by atoms with Gasteiger partial charge in [0.2, 0.25) is 0 Å². The van der Waals surface area contributed by atoms with Crippen molar-refractivity contribution in [1.82, 2.24) is 5.32 Å². The molecular weight excluding hydrogens is 158 g/mol. The Hall–Kier alpha value is -0.0400. The Bertz CT molecular complexity index is 89.1. The molecule has 0 heterocycles. The predicted octanol–water partition coefficient (Wildman–Crippen LogP) is 3.69. The molecule has 0 spiro atoms. The maximum atomic E-state index is 3.39. The summed E-state index contributed by atoms with van der Waals surface area (Å²) in [5.41, 5.74) is 0. The van der Waals surface area contributed by atoms with Crippen molar-refractivity contribution >= 4 is 0 Å². The van der Waals surface area contributed by atoms with Crippen LogP contribution in [0.25, 0.3) is 0 Å². The summed E-state index contributed by atoms with van der Waals surface area (Å²) in [5, 5.41) is 3.39. The summed E-state index contributed by atoms with van der Waals surface area (Å²) in [6.45, 7) is 13.2. The molecule has 0 aliphatic rings. The molecule has 1 N–H and O–H groups in total. The van der Waals surface area contributed by atoms with Gasteiger partial charge in [0.05, 0.1) is 0 Å². The first kappa shape index (κ1) is 15.4. The number of hydrogen-bond acceptors (Lipinski definition) is 1. The SMILES string of the molecule is CC.CCCC(C)C(NC)C(C)C. The van der Waals surface area contributed by atoms with Gasteiger partial charge in [-0.1, -0.05) is 48.0 Å². The first-order valence-corrected chi connectivity index (χ1v) is 5.80. The van der Waals surface area contributed by atoms with E-state index in [2.05, 4.69) is 40.1 Å². The quantitative estimate of drug-likeness (QED) is 0.692. The highest BCUT2D eigenvalue weighted by molar-refractivity contribution is 4.74. The van der Waals surface area contributed by atoms with Crippen LogP contribution in [-0.2, 0) is 0 Å². The average molecular weight is 187 g/mol. The first-order chi connectivity index (χ1) is 6.13. The van der Waals surface area contributed by atoms with E-state index in [1.54, 1.807) is 0 Å². The normalized spacial score (nSPS) is 14.8. The standard InChI is InChI=1S/C10H23N.C2H6/c1-6-7-9(4)10(11-5)8(2)3;1-2/h8-11H,6-7H2,1-5H3;1-2H3. The third kappa shape index (κ3) is 7.06. The van der Waals surface area contributed by atoms with Crippen LogP contribution in [0.5, 0.6) is 0 Å². The van der Waals surface area contributed by atoms with Gasteiger partial charge >= 0.3 is 0 Å². The van der Waals surface area contributed by atoms with Crippen LogP contribution in [0.15, 0.2) is 0 Å². The van der Waals surface area contributed by atoms with Crippen LogP contribution in [0, 0.1) is 11.8 Å². The lowest BCUT2D eigenvalue weighted by atomic mass is 9.89. The molecule has 0 rings (SSSR count). The fourth-order valence-electron chi connectivity index (χ4n) is 1.91. The van der Waals surface area contributed by atoms with Crippen LogP contribution >= 0.6 is 0 Å². The minimum absolute atomic E-state index is 0.690. The lowest BCUT2D eigenvalue weighted by molar-refractivity contribution is 0.300. The van der Waals surface area contributed by atoms with E-state index in [1.807, 2.05) is 13.8 Å². The summed E-state index contributed by atoms with van der Waals surface area (Å²) in [4.78, 5) is 0. The third-order valence-corrected chi connectivity index (χ3v) is 2.41. The molecule has 2 unspecified atom stereocenters. The second-order valence-electron chi connectivity index (χ2n) is 3.82. The van der Waals surface area contributed by atoms with E-state index < -0.39 is 0 Å². The Morgan fingerprint density at radius 3 is 1.77 bits per heavy atom. The Morgan fingerprint density at radius 1 is 1.08 bits per heavy atom. The molecule has 0 saturated heterocycles. The second-order valence-corrected chi connectivity index (χ2v) is 3.82. The maximum absolute atomic E-state index is 3.39. The van der Waals surface area contributed by atoms with Crippen LogP contribution in [-0.4, -0.2) is 13.1 Å². The molecule has 0 saturated carbocycles. The van der Waals surface area contributed by atoms with Gasteiger partial charge in [-0.3, -0.25) is 0 Å². The van der Waals surface area contributed by atoms with Gasteiger partial charge in [-0.2, -0.15) is 0 Å². The molecule has 0 aromatic rings. The van der Waals surface area contributed by atoms with Crippen LogP contribution in [0.3, 0.4) is 0 Å². The zero-order valence-electron chi connectivity index (χ0n) is 10.6. The zero-order valence-corrected chi connectivity index (χ0v) is 10.6. The smallest absolute Gasteiger partial charge is 0.0113 e. The Balaban J connectivity index is 0. The van der Waals surface area contributed by atoms with Gasteiger partial charge in [-0.05, 0) is 25.3 Å². The highest BCUT2D eigenvalue weighted by atomic mass is 14.9. The highest BCUT2D eigenvalue weighted by Crippen LogP contribution is 2.16. The molecular formula is C12H29N. The van der Waals surface area contributed by atoms with Gasteiger partial charge in [0.15, 0.2) is 0 Å². The van der Waals surface area contributed by atoms with Crippen molar-refractivity contribution in [2.45, 2.75) is 60.4 Å². The minimum Gasteiger partial charge on any atom is -0.316 e. The fraction of sp³-hybridized carbons (Fsp3) is 1.00. The van der Waals surface area contributed by atoms with Crippen LogP contribution < -0.4 is 5.32 Å². The van der Waals surface area contributed by atoms with Crippen LogP contribution in [0.1, 0.15) is 54.4 Å². The number of nitrogens with one attached hydrogen (secondary N) is 1. The molecule has 0 aromatic carbocycles. The monoisotopic (exact) mass is 187 g/mol. The van der Waals surface area contributed by atoms with E-state index >= 15 is 0 Å². The van der Waals surface area contributed by atoms with Crippen molar-refractivity contribution in [2.24, 2.45) is 11.8 Å². The van der Waals surface area contributed by atoms with Gasteiger partial charge in [0, 0.05) is 6.04 Å². The van der Waals surface area contributed by atoms with Crippen molar-refractivity contribution in [1.29, 1.82) is 0 Å². The summed E-state index contributed by atoms with van der Waals surface area (Å²) < 4.78 is 0. The van der Waals surface area contributed by atoms with E-state index in [1.165, 1.54) is 12.8 Å². The van der Waals surface area contributed by atoms with Crippen molar-refractivity contribution < 1.29 is 0 Å². The van der Waals surface area contributed by atoms with Gasteiger partial charge < -0.3 is 5.32 Å². The first-order valence-electron chi connectivity index (χ1n) is 5.80. The van der Waals surface area contributed by atoms with Gasteiger partial charge in [-0.25, -0.2) is 0 Å². The van der Waals surface area contributed by atoms with Crippen molar-refractivity contribution in [3.63, 3.8) is 0 Å². The van der Waals surface area contributed by atoms with Crippen molar-refractivity contribution in [3.05, 3.63) is 0 Å². The number of rotatable bonds is 5. The van der Waals surface area contributed by atoms with E-state index in [0.29, 0.717) is 6.04 Å². The van der Waals surface area contributed by atoms with E-state index in [9.17, 15) is 0 Å². The molecule has 0 bridgehead atoms. The third-order valence-electron chi connectivity index (χ3n) is 2.41. The lowest BCUT2D eigenvalue weighted by Gasteiger charge is -2.26. The molecule has 0 fully saturated rings. The molecule has 0 aliphatic carbocycles. The van der Waals surface area contributed by atoms with E-state index in [-0.39, 0.29) is 0 Å². The van der Waals surface area contributed by atoms with Crippen molar-refractivity contribution in [2.75, 3.05) is 7.05 Å². The molecule has 1 heteroatoms. The largest absolute Gasteiger partial charge is 0.316 e. The number of hydrogen-bond donors (Lipinski definition) is 1. The highest BCUT2D eigenvalue weighted by Gasteiger charge is 2.17. The fourth-order valence-corrected chi connectivity index (χ4v) is 1.91. The molecule has 0 radical (unpaired) electrons. The Morgan fingerprint density at radius 2 is 1.54 bits per heavy atom. The maximum Gasteiger partial charge on any atom is 0.0113 e. The molecule has 2 atom stereocenters. The summed E-state index contributed by atoms with van der Waals surface area (Å²) in [5.74, 6) is 1.56. The molecule has 13 heavy (non-hydrogen) atoms. The van der Waals surface area contributed by atoms with E-state index in [0.717, 1.165) is 11.8 Å². The lowest BCUT2D eigenvalue weighted by Crippen LogP contribution is -2.36. The molecule has 0 aliphatic heterocycles. The van der Waals surface area contributed by atoms with Gasteiger partial charge in [-0.15, -0.1) is 0 Å². The Kier molecular flexibility index (Phi) is 11.9. The van der Waals surface area contributed by atoms with Crippen LogP contribution in [0.4, 0.5) is 0 Å². The average Bonchev–Trinajstić information content (AvgIpc) is 2.09. The van der Waals surface area contributed by atoms with E-state index in [4.69, 9.17) is 0 Å². The van der Waals surface area contributed by atoms with Gasteiger partial charge in [0.1, 0.15) is 0 Å². The minimum atomic E-state index is 0.690. The summed E-state index contributed by atoms with van der Waals surface area (Å²) in [6.07, 6.45) is 2.63. The zero-order chi connectivity index (χ0) is 10.9. The molecule has 82 valence electrons. The summed E-state index contributed by atoms with van der Waals surface area (Å²) in [6, 6.07) is 0.690. The van der Waals surface area contributed by atoms with Gasteiger partial charge in [0.25, 0.3) is 0 Å². The summed E-state index contributed by atoms with van der Waals surface area (Å²) >= 11 is 0. The Labute approximate surface area is 85.3 Å². The molecule has 0 amide bonds. The molecule has 0 aromatic heterocycles. The molecule has 1 nitrogen and oxygen atoms in total. The second kappa shape index (κ2) is 10.0. The summed E-state index contributed by atoms with van der Waals surface area (Å²) in [7, 11) is 2.07. The van der Waals surface area contributed by atoms with Crippen molar-refractivity contribution in [3.8, 4) is 0 Å². The topological polar surface area (TPSA) is 12.0 Å². The van der Waals surface area contributed by atoms with Crippen LogP contribution in [0.2, 0.25) is 0 Å².